The maximum atomic E-state index is 5.59. The van der Waals surface area contributed by atoms with Crippen LogP contribution in [-0.2, 0) is 4.74 Å². The molecule has 0 radical (unpaired) electrons. The van der Waals surface area contributed by atoms with E-state index in [9.17, 15) is 0 Å². The summed E-state index contributed by atoms with van der Waals surface area (Å²) in [6.45, 7) is 2.97. The zero-order valence-corrected chi connectivity index (χ0v) is 8.51. The molecule has 4 heteroatoms. The van der Waals surface area contributed by atoms with E-state index >= 15 is 0 Å². The van der Waals surface area contributed by atoms with Crippen molar-refractivity contribution in [3.05, 3.63) is 10.4 Å². The molecule has 0 saturated carbocycles. The van der Waals surface area contributed by atoms with Crippen LogP contribution in [0, 0.1) is 0 Å². The largest absolute Gasteiger partial charge is 0.383 e. The topological polar surface area (TPSA) is 48.1 Å². The average Bonchev–Trinajstić information content (AvgIpc) is 2.52. The number of nitrogen functional groups attached to an aromatic ring is 1. The summed E-state index contributed by atoms with van der Waals surface area (Å²) in [4.78, 5) is 4.31. The summed E-state index contributed by atoms with van der Waals surface area (Å²) < 4.78 is 5.48. The molecule has 0 amide bonds. The van der Waals surface area contributed by atoms with Crippen molar-refractivity contribution >= 4 is 17.2 Å². The highest BCUT2D eigenvalue weighted by molar-refractivity contribution is 7.10. The Morgan fingerprint density at radius 3 is 3.15 bits per heavy atom. The van der Waals surface area contributed by atoms with Crippen molar-refractivity contribution < 1.29 is 4.74 Å². The van der Waals surface area contributed by atoms with Gasteiger partial charge >= 0.3 is 0 Å². The van der Waals surface area contributed by atoms with Crippen molar-refractivity contribution in [2.45, 2.75) is 31.8 Å². The maximum Gasteiger partial charge on any atom is 0.134 e. The normalized spacial score (nSPS) is 29.0. The Bertz CT molecular complexity index is 287. The van der Waals surface area contributed by atoms with Crippen LogP contribution in [0.2, 0.25) is 0 Å². The maximum absolute atomic E-state index is 5.59. The Morgan fingerprint density at radius 1 is 1.69 bits per heavy atom. The molecule has 0 aromatic carbocycles. The molecule has 2 N–H and O–H groups in total. The number of hydrogen-bond acceptors (Lipinski definition) is 4. The second kappa shape index (κ2) is 3.64. The Morgan fingerprint density at radius 2 is 2.54 bits per heavy atom. The molecule has 1 aliphatic rings. The van der Waals surface area contributed by atoms with E-state index in [1.165, 1.54) is 5.01 Å². The molecule has 2 heterocycles. The van der Waals surface area contributed by atoms with E-state index in [-0.39, 0.29) is 0 Å². The minimum atomic E-state index is 0.365. The van der Waals surface area contributed by atoms with Crippen LogP contribution in [0.1, 0.15) is 30.7 Å². The molecule has 13 heavy (non-hydrogen) atoms. The third-order valence-electron chi connectivity index (χ3n) is 2.37. The van der Waals surface area contributed by atoms with E-state index in [1.54, 1.807) is 11.3 Å². The summed E-state index contributed by atoms with van der Waals surface area (Å²) >= 11 is 1.67. The van der Waals surface area contributed by atoms with Crippen LogP contribution < -0.4 is 5.73 Å². The van der Waals surface area contributed by atoms with Crippen LogP contribution in [0.15, 0.2) is 5.38 Å². The van der Waals surface area contributed by atoms with Crippen LogP contribution in [0.3, 0.4) is 0 Å². The third kappa shape index (κ3) is 2.00. The van der Waals surface area contributed by atoms with E-state index in [1.807, 2.05) is 5.38 Å². The molecule has 2 rings (SSSR count). The number of thiazole rings is 1. The fourth-order valence-electron chi connectivity index (χ4n) is 1.71. The van der Waals surface area contributed by atoms with Crippen molar-refractivity contribution in [3.8, 4) is 0 Å². The summed E-state index contributed by atoms with van der Waals surface area (Å²) in [5.74, 6) is 1.21. The van der Waals surface area contributed by atoms with Gasteiger partial charge in [-0.15, -0.1) is 11.3 Å². The molecule has 3 nitrogen and oxygen atoms in total. The summed E-state index contributed by atoms with van der Waals surface area (Å²) in [5.41, 5.74) is 5.59. The zero-order valence-electron chi connectivity index (χ0n) is 7.69. The lowest BCUT2D eigenvalue weighted by Crippen LogP contribution is -2.21. The highest BCUT2D eigenvalue weighted by Gasteiger charge is 2.22. The fraction of sp³-hybridized carbons (Fsp3) is 0.667. The molecule has 1 aromatic rings. The number of anilines is 1. The van der Waals surface area contributed by atoms with Gasteiger partial charge in [0.25, 0.3) is 0 Å². The van der Waals surface area contributed by atoms with Crippen LogP contribution in [0.4, 0.5) is 5.82 Å². The van der Waals surface area contributed by atoms with Crippen LogP contribution in [-0.4, -0.2) is 17.7 Å². The molecule has 0 aliphatic carbocycles. The second-order valence-corrected chi connectivity index (χ2v) is 4.40. The minimum Gasteiger partial charge on any atom is -0.383 e. The summed E-state index contributed by atoms with van der Waals surface area (Å²) in [7, 11) is 0. The van der Waals surface area contributed by atoms with Crippen molar-refractivity contribution in [1.29, 1.82) is 0 Å². The summed E-state index contributed by atoms with van der Waals surface area (Å²) in [6.07, 6.45) is 2.52. The Balaban J connectivity index is 2.08. The fourth-order valence-corrected chi connectivity index (χ4v) is 2.57. The molecule has 2 atom stereocenters. The second-order valence-electron chi connectivity index (χ2n) is 3.51. The first-order valence-electron chi connectivity index (χ1n) is 4.58. The van der Waals surface area contributed by atoms with Gasteiger partial charge in [-0.25, -0.2) is 4.98 Å². The van der Waals surface area contributed by atoms with E-state index in [4.69, 9.17) is 10.5 Å². The number of nitrogens with two attached hydrogens (primary N) is 1. The first-order chi connectivity index (χ1) is 6.25. The predicted octanol–water partition coefficient (Wildman–Crippen LogP) is 2.01. The predicted molar refractivity (Wildman–Crippen MR) is 53.9 cm³/mol. The third-order valence-corrected chi connectivity index (χ3v) is 3.40. The van der Waals surface area contributed by atoms with E-state index in [0.717, 1.165) is 19.4 Å². The zero-order chi connectivity index (χ0) is 9.26. The first kappa shape index (κ1) is 8.97. The average molecular weight is 198 g/mol. The van der Waals surface area contributed by atoms with Gasteiger partial charge in [0.1, 0.15) is 5.82 Å². The molecule has 1 fully saturated rings. The van der Waals surface area contributed by atoms with Gasteiger partial charge < -0.3 is 10.5 Å². The van der Waals surface area contributed by atoms with Gasteiger partial charge in [0, 0.05) is 17.9 Å². The lowest BCUT2D eigenvalue weighted by molar-refractivity contribution is 0.0186. The van der Waals surface area contributed by atoms with Gasteiger partial charge in [0.2, 0.25) is 0 Å². The monoisotopic (exact) mass is 198 g/mol. The quantitative estimate of drug-likeness (QED) is 0.751. The summed E-state index contributed by atoms with van der Waals surface area (Å²) in [6, 6.07) is 0. The Kier molecular flexibility index (Phi) is 2.51. The smallest absolute Gasteiger partial charge is 0.134 e. The molecule has 1 aromatic heterocycles. The first-order valence-corrected chi connectivity index (χ1v) is 5.46. The molecule has 72 valence electrons. The van der Waals surface area contributed by atoms with Gasteiger partial charge in [0.15, 0.2) is 0 Å². The summed E-state index contributed by atoms with van der Waals surface area (Å²) in [5, 5.41) is 3.09. The van der Waals surface area contributed by atoms with Gasteiger partial charge in [-0.3, -0.25) is 0 Å². The Hall–Kier alpha value is -0.610. The molecule has 0 bridgehead atoms. The van der Waals surface area contributed by atoms with Gasteiger partial charge in [-0.2, -0.15) is 0 Å². The Labute approximate surface area is 81.9 Å². The molecule has 0 spiro atoms. The molecular formula is C9H14N2OS. The van der Waals surface area contributed by atoms with Crippen LogP contribution in [0.25, 0.3) is 0 Å². The van der Waals surface area contributed by atoms with Crippen molar-refractivity contribution in [3.63, 3.8) is 0 Å². The molecule has 1 aliphatic heterocycles. The molecule has 0 unspecified atom stereocenters. The van der Waals surface area contributed by atoms with E-state index in [0.29, 0.717) is 17.8 Å². The number of nitrogens with zero attached hydrogens (tertiary/aromatic N) is 1. The van der Waals surface area contributed by atoms with Crippen LogP contribution in [0.5, 0.6) is 0 Å². The highest BCUT2D eigenvalue weighted by Crippen LogP contribution is 2.32. The van der Waals surface area contributed by atoms with Crippen LogP contribution >= 0.6 is 11.3 Å². The minimum absolute atomic E-state index is 0.365. The standard InChI is InChI=1S/C9H14N2OS/c1-6-4-7(2-3-12-6)9-11-8(10)5-13-9/h5-7H,2-4,10H2,1H3/t6-,7-/m0/s1. The highest BCUT2D eigenvalue weighted by atomic mass is 32.1. The SMILES string of the molecule is C[C@H]1C[C@@H](c2nc(N)cs2)CCO1. The van der Waals surface area contributed by atoms with E-state index < -0.39 is 0 Å². The van der Waals surface area contributed by atoms with Crippen molar-refractivity contribution in [2.75, 3.05) is 12.3 Å². The van der Waals surface area contributed by atoms with Crippen molar-refractivity contribution in [1.82, 2.24) is 4.98 Å². The van der Waals surface area contributed by atoms with Gasteiger partial charge in [0.05, 0.1) is 11.1 Å². The van der Waals surface area contributed by atoms with Gasteiger partial charge in [-0.1, -0.05) is 0 Å². The molecule has 1 saturated heterocycles. The number of hydrogen-bond donors (Lipinski definition) is 1. The lowest BCUT2D eigenvalue weighted by Gasteiger charge is -2.25. The number of ether oxygens (including phenoxy) is 1. The van der Waals surface area contributed by atoms with E-state index in [2.05, 4.69) is 11.9 Å². The number of rotatable bonds is 1. The lowest BCUT2D eigenvalue weighted by atomic mass is 9.97. The van der Waals surface area contributed by atoms with Gasteiger partial charge in [-0.05, 0) is 19.8 Å². The molecular weight excluding hydrogens is 184 g/mol. The van der Waals surface area contributed by atoms with Crippen molar-refractivity contribution in [2.24, 2.45) is 0 Å². The number of aromatic nitrogens is 1.